The molecule has 0 amide bonds. The Hall–Kier alpha value is -3.08. The second-order valence-electron chi connectivity index (χ2n) is 5.40. The summed E-state index contributed by atoms with van der Waals surface area (Å²) in [5.74, 6) is -0.262. The first-order chi connectivity index (χ1) is 11.2. The minimum atomic E-state index is -0.300. The van der Waals surface area contributed by atoms with Gasteiger partial charge >= 0.3 is 0 Å². The number of allylic oxidation sites excluding steroid dienone is 1. The highest BCUT2D eigenvalue weighted by molar-refractivity contribution is 6.15. The summed E-state index contributed by atoms with van der Waals surface area (Å²) in [5, 5.41) is 8.09. The molecule has 4 nitrogen and oxygen atoms in total. The van der Waals surface area contributed by atoms with Gasteiger partial charge in [0, 0.05) is 17.6 Å². The van der Waals surface area contributed by atoms with Gasteiger partial charge in [-0.3, -0.25) is 4.79 Å². The zero-order valence-electron chi connectivity index (χ0n) is 12.1. The van der Waals surface area contributed by atoms with Crippen LogP contribution in [0.3, 0.4) is 0 Å². The minimum Gasteiger partial charge on any atom is -0.289 e. The molecular weight excluding hydrogens is 293 g/mol. The monoisotopic (exact) mass is 305 g/mol. The summed E-state index contributed by atoms with van der Waals surface area (Å²) < 4.78 is 14.5. The highest BCUT2D eigenvalue weighted by Gasteiger charge is 2.24. The first-order valence-electron chi connectivity index (χ1n) is 7.22. The van der Waals surface area contributed by atoms with Gasteiger partial charge < -0.3 is 0 Å². The number of nitrogens with zero attached hydrogens (tertiary/aromatic N) is 3. The summed E-state index contributed by atoms with van der Waals surface area (Å²) in [5.41, 5.74) is 3.81. The maximum Gasteiger partial charge on any atom is 0.189 e. The molecule has 1 aliphatic carbocycles. The fourth-order valence-electron chi connectivity index (χ4n) is 2.71. The van der Waals surface area contributed by atoms with E-state index in [1.54, 1.807) is 29.1 Å². The van der Waals surface area contributed by atoms with Crippen LogP contribution in [0, 0.1) is 5.82 Å². The molecule has 5 heteroatoms. The van der Waals surface area contributed by atoms with Crippen molar-refractivity contribution in [1.82, 2.24) is 15.0 Å². The molecular formula is C18H12FN3O. The Bertz CT molecular complexity index is 925. The molecule has 0 N–H and O–H groups in total. The van der Waals surface area contributed by atoms with Gasteiger partial charge in [0.05, 0.1) is 11.9 Å². The molecule has 0 fully saturated rings. The van der Waals surface area contributed by atoms with Crippen molar-refractivity contribution in [1.29, 1.82) is 0 Å². The second-order valence-corrected chi connectivity index (χ2v) is 5.40. The van der Waals surface area contributed by atoms with E-state index in [1.807, 2.05) is 24.3 Å². The van der Waals surface area contributed by atoms with Gasteiger partial charge in [-0.1, -0.05) is 29.5 Å². The van der Waals surface area contributed by atoms with Gasteiger partial charge in [-0.15, -0.1) is 5.10 Å². The number of benzene rings is 2. The number of hydrogen-bond donors (Lipinski definition) is 0. The predicted molar refractivity (Wildman–Crippen MR) is 83.8 cm³/mol. The van der Waals surface area contributed by atoms with Crippen LogP contribution in [-0.4, -0.2) is 20.8 Å². The Balaban J connectivity index is 1.64. The third-order valence-corrected chi connectivity index (χ3v) is 3.86. The molecule has 0 unspecified atom stereocenters. The van der Waals surface area contributed by atoms with E-state index in [2.05, 4.69) is 10.3 Å². The summed E-state index contributed by atoms with van der Waals surface area (Å²) in [7, 11) is 0. The van der Waals surface area contributed by atoms with Gasteiger partial charge in [-0.25, -0.2) is 9.07 Å². The molecule has 0 bridgehead atoms. The number of aromatic nitrogens is 3. The fraction of sp³-hybridized carbons (Fsp3) is 0.0556. The maximum atomic E-state index is 13.0. The summed E-state index contributed by atoms with van der Waals surface area (Å²) in [6, 6.07) is 13.6. The van der Waals surface area contributed by atoms with Crippen LogP contribution < -0.4 is 0 Å². The Morgan fingerprint density at radius 2 is 1.87 bits per heavy atom. The summed E-state index contributed by atoms with van der Waals surface area (Å²) >= 11 is 0. The van der Waals surface area contributed by atoms with E-state index in [0.717, 1.165) is 11.1 Å². The van der Waals surface area contributed by atoms with Crippen molar-refractivity contribution in [2.45, 2.75) is 6.42 Å². The lowest BCUT2D eigenvalue weighted by molar-refractivity contribution is 0.104. The van der Waals surface area contributed by atoms with Gasteiger partial charge in [0.2, 0.25) is 0 Å². The van der Waals surface area contributed by atoms with Crippen LogP contribution in [0.25, 0.3) is 11.8 Å². The molecule has 0 spiro atoms. The number of fused-ring (bicyclic) bond motifs is 1. The molecule has 0 saturated carbocycles. The molecule has 0 radical (unpaired) electrons. The summed E-state index contributed by atoms with van der Waals surface area (Å²) in [6.45, 7) is 0. The topological polar surface area (TPSA) is 47.8 Å². The van der Waals surface area contributed by atoms with E-state index in [4.69, 9.17) is 0 Å². The predicted octanol–water partition coefficient (Wildman–Crippen LogP) is 3.23. The number of rotatable bonds is 2. The van der Waals surface area contributed by atoms with Crippen LogP contribution in [0.5, 0.6) is 0 Å². The summed E-state index contributed by atoms with van der Waals surface area (Å²) in [6.07, 6.45) is 4.09. The van der Waals surface area contributed by atoms with E-state index < -0.39 is 0 Å². The van der Waals surface area contributed by atoms with Crippen molar-refractivity contribution in [3.63, 3.8) is 0 Å². The molecule has 0 saturated heterocycles. The van der Waals surface area contributed by atoms with Crippen LogP contribution in [0.1, 0.15) is 21.6 Å². The molecule has 23 heavy (non-hydrogen) atoms. The Kier molecular flexibility index (Phi) is 3.12. The van der Waals surface area contributed by atoms with E-state index in [0.29, 0.717) is 23.4 Å². The van der Waals surface area contributed by atoms with Crippen molar-refractivity contribution < 1.29 is 9.18 Å². The van der Waals surface area contributed by atoms with Crippen molar-refractivity contribution in [2.24, 2.45) is 0 Å². The van der Waals surface area contributed by atoms with Crippen LogP contribution >= 0.6 is 0 Å². The second kappa shape index (κ2) is 5.28. The van der Waals surface area contributed by atoms with Crippen LogP contribution in [-0.2, 0) is 6.42 Å². The average molecular weight is 305 g/mol. The Labute approximate surface area is 131 Å². The lowest BCUT2D eigenvalue weighted by Crippen LogP contribution is -1.95. The standard InChI is InChI=1S/C18H12FN3O/c19-14-5-7-16(8-6-14)22-11-15(20-21-22)10-13-9-12-3-1-2-4-17(12)18(13)23/h1-8,10-11H,9H2/b13-10+. The van der Waals surface area contributed by atoms with E-state index >= 15 is 0 Å². The lowest BCUT2D eigenvalue weighted by atomic mass is 10.1. The summed E-state index contributed by atoms with van der Waals surface area (Å²) in [4.78, 5) is 12.4. The number of carbonyl (C=O) groups excluding carboxylic acids is 1. The molecule has 1 heterocycles. The average Bonchev–Trinajstić information content (AvgIpc) is 3.15. The third kappa shape index (κ3) is 2.46. The van der Waals surface area contributed by atoms with Crippen molar-refractivity contribution in [2.75, 3.05) is 0 Å². The van der Waals surface area contributed by atoms with E-state index in [1.165, 1.54) is 12.1 Å². The van der Waals surface area contributed by atoms with Crippen LogP contribution in [0.4, 0.5) is 4.39 Å². The molecule has 0 atom stereocenters. The Morgan fingerprint density at radius 3 is 2.65 bits per heavy atom. The molecule has 1 aromatic heterocycles. The number of carbonyl (C=O) groups is 1. The molecule has 1 aliphatic rings. The first-order valence-corrected chi connectivity index (χ1v) is 7.22. The zero-order chi connectivity index (χ0) is 15.8. The smallest absolute Gasteiger partial charge is 0.189 e. The van der Waals surface area contributed by atoms with Gasteiger partial charge in [-0.2, -0.15) is 0 Å². The maximum absolute atomic E-state index is 13.0. The molecule has 112 valence electrons. The highest BCUT2D eigenvalue weighted by Crippen LogP contribution is 2.27. The van der Waals surface area contributed by atoms with Gasteiger partial charge in [0.15, 0.2) is 5.78 Å². The number of hydrogen-bond acceptors (Lipinski definition) is 3. The largest absolute Gasteiger partial charge is 0.289 e. The van der Waals surface area contributed by atoms with Gasteiger partial charge in [-0.05, 0) is 35.9 Å². The molecule has 4 rings (SSSR count). The third-order valence-electron chi connectivity index (χ3n) is 3.86. The number of halogens is 1. The zero-order valence-corrected chi connectivity index (χ0v) is 12.1. The first kappa shape index (κ1) is 13.6. The van der Waals surface area contributed by atoms with Crippen LogP contribution in [0.15, 0.2) is 60.3 Å². The Morgan fingerprint density at radius 1 is 1.09 bits per heavy atom. The van der Waals surface area contributed by atoms with Crippen molar-refractivity contribution in [3.8, 4) is 5.69 Å². The normalized spacial score (nSPS) is 15.2. The quantitative estimate of drug-likeness (QED) is 0.683. The van der Waals surface area contributed by atoms with Crippen molar-refractivity contribution >= 4 is 11.9 Å². The number of ketones is 1. The SMILES string of the molecule is O=C1/C(=C/c2cn(-c3ccc(F)cc3)nn2)Cc2ccccc21. The molecule has 0 aliphatic heterocycles. The lowest BCUT2D eigenvalue weighted by Gasteiger charge is -1.98. The van der Waals surface area contributed by atoms with Gasteiger partial charge in [0.1, 0.15) is 11.5 Å². The number of Topliss-reactive ketones (excluding diaryl/α,β-unsaturated/α-hetero) is 1. The van der Waals surface area contributed by atoms with Gasteiger partial charge in [0.25, 0.3) is 0 Å². The molecule has 2 aromatic carbocycles. The van der Waals surface area contributed by atoms with E-state index in [9.17, 15) is 9.18 Å². The fourth-order valence-corrected chi connectivity index (χ4v) is 2.71. The highest BCUT2D eigenvalue weighted by atomic mass is 19.1. The minimum absolute atomic E-state index is 0.0388. The molecule has 3 aromatic rings. The van der Waals surface area contributed by atoms with Crippen LogP contribution in [0.2, 0.25) is 0 Å². The van der Waals surface area contributed by atoms with E-state index in [-0.39, 0.29) is 11.6 Å². The van der Waals surface area contributed by atoms with Crippen molar-refractivity contribution in [3.05, 3.63) is 82.9 Å².